The van der Waals surface area contributed by atoms with Crippen LogP contribution in [0.25, 0.3) is 0 Å². The van der Waals surface area contributed by atoms with Crippen LogP contribution >= 0.6 is 0 Å². The van der Waals surface area contributed by atoms with Crippen molar-refractivity contribution in [2.45, 2.75) is 58.5 Å². The van der Waals surface area contributed by atoms with Gasteiger partial charge in [-0.3, -0.25) is 4.79 Å². The molecule has 2 rings (SSSR count). The van der Waals surface area contributed by atoms with Crippen LogP contribution in [-0.4, -0.2) is 22.9 Å². The minimum absolute atomic E-state index is 0.204. The number of hydrogen-bond acceptors (Lipinski definition) is 2. The highest BCUT2D eigenvalue weighted by Crippen LogP contribution is 2.24. The third-order valence-corrected chi connectivity index (χ3v) is 4.12. The monoisotopic (exact) mass is 260 g/mol. The number of carbonyl (C=O) groups excluding carboxylic acids is 1. The first-order valence-electron chi connectivity index (χ1n) is 7.15. The van der Waals surface area contributed by atoms with Crippen molar-refractivity contribution in [2.24, 2.45) is 0 Å². The number of benzene rings is 1. The molecule has 3 nitrogen and oxygen atoms in total. The summed E-state index contributed by atoms with van der Waals surface area (Å²) >= 11 is 0. The lowest BCUT2D eigenvalue weighted by atomic mass is 9.96. The lowest BCUT2D eigenvalue weighted by Crippen LogP contribution is -2.48. The van der Waals surface area contributed by atoms with Gasteiger partial charge in [-0.1, -0.05) is 12.1 Å². The molecule has 1 amide bonds. The quantitative estimate of drug-likeness (QED) is 0.831. The Labute approximate surface area is 115 Å². The van der Waals surface area contributed by atoms with Crippen molar-refractivity contribution in [3.05, 3.63) is 29.3 Å². The molecule has 0 aromatic heterocycles. The fourth-order valence-corrected chi connectivity index (χ4v) is 3.04. The molecule has 0 saturated carbocycles. The highest BCUT2D eigenvalue weighted by molar-refractivity contribution is 5.81. The van der Waals surface area contributed by atoms with Gasteiger partial charge in [0, 0.05) is 17.8 Å². The summed E-state index contributed by atoms with van der Waals surface area (Å²) in [5.74, 6) is 0.204. The number of likely N-dealkylation sites (tertiary alicyclic amines) is 1. The van der Waals surface area contributed by atoms with Crippen LogP contribution in [0.5, 0.6) is 0 Å². The van der Waals surface area contributed by atoms with E-state index in [1.54, 1.807) is 0 Å². The van der Waals surface area contributed by atoms with Gasteiger partial charge in [0.15, 0.2) is 0 Å². The van der Waals surface area contributed by atoms with Gasteiger partial charge in [0.2, 0.25) is 5.91 Å². The molecule has 104 valence electrons. The zero-order valence-electron chi connectivity index (χ0n) is 12.1. The van der Waals surface area contributed by atoms with Gasteiger partial charge >= 0.3 is 0 Å². The van der Waals surface area contributed by atoms with Crippen LogP contribution in [0, 0.1) is 6.92 Å². The van der Waals surface area contributed by atoms with E-state index in [0.29, 0.717) is 18.5 Å². The topological polar surface area (TPSA) is 46.3 Å². The Morgan fingerprint density at radius 2 is 1.95 bits per heavy atom. The van der Waals surface area contributed by atoms with E-state index in [-0.39, 0.29) is 5.91 Å². The van der Waals surface area contributed by atoms with Crippen LogP contribution in [-0.2, 0) is 11.2 Å². The third-order valence-electron chi connectivity index (χ3n) is 4.12. The molecule has 0 radical (unpaired) electrons. The van der Waals surface area contributed by atoms with Gasteiger partial charge < -0.3 is 10.6 Å². The second-order valence-electron chi connectivity index (χ2n) is 5.81. The van der Waals surface area contributed by atoms with E-state index in [1.807, 2.05) is 30.0 Å². The Balaban J connectivity index is 2.11. The predicted octanol–water partition coefficient (Wildman–Crippen LogP) is 2.91. The lowest BCUT2D eigenvalue weighted by molar-refractivity contribution is -0.136. The molecule has 0 aliphatic carbocycles. The van der Waals surface area contributed by atoms with E-state index < -0.39 is 0 Å². The fourth-order valence-electron chi connectivity index (χ4n) is 3.04. The summed E-state index contributed by atoms with van der Waals surface area (Å²) < 4.78 is 0. The number of amides is 1. The second kappa shape index (κ2) is 5.64. The number of nitrogens with two attached hydrogens (primary N) is 1. The summed E-state index contributed by atoms with van der Waals surface area (Å²) in [4.78, 5) is 14.5. The molecule has 1 saturated heterocycles. The first-order valence-corrected chi connectivity index (χ1v) is 7.15. The number of anilines is 1. The smallest absolute Gasteiger partial charge is 0.227 e. The highest BCUT2D eigenvalue weighted by atomic mass is 16.2. The summed E-state index contributed by atoms with van der Waals surface area (Å²) in [6.45, 7) is 6.30. The fraction of sp³-hybridized carbons (Fsp3) is 0.562. The van der Waals surface area contributed by atoms with Gasteiger partial charge in [-0.2, -0.15) is 0 Å². The van der Waals surface area contributed by atoms with E-state index in [1.165, 1.54) is 6.42 Å². The molecular formula is C16H24N2O. The number of nitrogens with zero attached hydrogens (tertiary/aromatic N) is 1. The van der Waals surface area contributed by atoms with Gasteiger partial charge in [-0.15, -0.1) is 0 Å². The van der Waals surface area contributed by atoms with Gasteiger partial charge in [0.25, 0.3) is 0 Å². The van der Waals surface area contributed by atoms with Crippen molar-refractivity contribution in [3.8, 4) is 0 Å². The summed E-state index contributed by atoms with van der Waals surface area (Å²) in [5.41, 5.74) is 8.80. The van der Waals surface area contributed by atoms with E-state index in [2.05, 4.69) is 13.8 Å². The number of rotatable bonds is 2. The molecule has 0 bridgehead atoms. The Hall–Kier alpha value is -1.51. The molecule has 0 spiro atoms. The summed E-state index contributed by atoms with van der Waals surface area (Å²) in [6.07, 6.45) is 3.86. The van der Waals surface area contributed by atoms with Gasteiger partial charge in [-0.25, -0.2) is 0 Å². The van der Waals surface area contributed by atoms with E-state index in [9.17, 15) is 4.79 Å². The maximum Gasteiger partial charge on any atom is 0.227 e. The van der Waals surface area contributed by atoms with Crippen molar-refractivity contribution >= 4 is 11.6 Å². The minimum Gasteiger partial charge on any atom is -0.398 e. The Bertz CT molecular complexity index is 460. The Morgan fingerprint density at radius 1 is 1.32 bits per heavy atom. The standard InChI is InChI=1S/C16H24N2O/c1-11-7-8-14(15(17)9-11)10-16(19)18-12(2)5-4-6-13(18)3/h7-9,12-13H,4-6,10,17H2,1-3H3/t12-,13+. The average Bonchev–Trinajstić information content (AvgIpc) is 2.32. The molecule has 19 heavy (non-hydrogen) atoms. The number of nitrogen functional groups attached to an aromatic ring is 1. The number of aryl methyl sites for hydroxylation is 1. The van der Waals surface area contributed by atoms with Crippen LogP contribution in [0.1, 0.15) is 44.2 Å². The number of piperidine rings is 1. The van der Waals surface area contributed by atoms with Crippen molar-refractivity contribution in [1.82, 2.24) is 4.90 Å². The summed E-state index contributed by atoms with van der Waals surface area (Å²) in [5, 5.41) is 0. The first kappa shape index (κ1) is 13.9. The van der Waals surface area contributed by atoms with Crippen LogP contribution in [0.4, 0.5) is 5.69 Å². The summed E-state index contributed by atoms with van der Waals surface area (Å²) in [7, 11) is 0. The van der Waals surface area contributed by atoms with Crippen molar-refractivity contribution in [1.29, 1.82) is 0 Å². The van der Waals surface area contributed by atoms with Crippen molar-refractivity contribution in [2.75, 3.05) is 5.73 Å². The van der Waals surface area contributed by atoms with Crippen LogP contribution in [0.15, 0.2) is 18.2 Å². The van der Waals surface area contributed by atoms with Gasteiger partial charge in [0.05, 0.1) is 6.42 Å². The second-order valence-corrected chi connectivity index (χ2v) is 5.81. The maximum atomic E-state index is 12.5. The normalized spacial score (nSPS) is 23.4. The molecule has 1 fully saturated rings. The van der Waals surface area contributed by atoms with E-state index in [0.717, 1.165) is 29.7 Å². The zero-order valence-corrected chi connectivity index (χ0v) is 12.1. The SMILES string of the molecule is Cc1ccc(CC(=O)N2[C@H](C)CCC[C@@H]2C)c(N)c1. The van der Waals surface area contributed by atoms with Crippen molar-refractivity contribution < 1.29 is 4.79 Å². The molecular weight excluding hydrogens is 236 g/mol. The minimum atomic E-state index is 0.204. The number of hydrogen-bond donors (Lipinski definition) is 1. The lowest BCUT2D eigenvalue weighted by Gasteiger charge is -2.39. The molecule has 0 unspecified atom stereocenters. The molecule has 2 atom stereocenters. The summed E-state index contributed by atoms with van der Waals surface area (Å²) in [6, 6.07) is 6.63. The Morgan fingerprint density at radius 3 is 2.53 bits per heavy atom. The van der Waals surface area contributed by atoms with Gasteiger partial charge in [-0.05, 0) is 57.2 Å². The van der Waals surface area contributed by atoms with Crippen LogP contribution in [0.3, 0.4) is 0 Å². The van der Waals surface area contributed by atoms with Gasteiger partial charge in [0.1, 0.15) is 0 Å². The van der Waals surface area contributed by atoms with Crippen LogP contribution in [0.2, 0.25) is 0 Å². The third kappa shape index (κ3) is 3.09. The zero-order chi connectivity index (χ0) is 14.0. The van der Waals surface area contributed by atoms with E-state index in [4.69, 9.17) is 5.73 Å². The highest BCUT2D eigenvalue weighted by Gasteiger charge is 2.28. The van der Waals surface area contributed by atoms with E-state index >= 15 is 0 Å². The predicted molar refractivity (Wildman–Crippen MR) is 78.9 cm³/mol. The largest absolute Gasteiger partial charge is 0.398 e. The molecule has 1 aliphatic heterocycles. The maximum absolute atomic E-state index is 12.5. The average molecular weight is 260 g/mol. The van der Waals surface area contributed by atoms with Crippen molar-refractivity contribution in [3.63, 3.8) is 0 Å². The molecule has 3 heteroatoms. The Kier molecular flexibility index (Phi) is 4.13. The molecule has 1 aromatic carbocycles. The molecule has 1 aliphatic rings. The first-order chi connectivity index (χ1) is 8.99. The molecule has 1 aromatic rings. The molecule has 1 heterocycles. The number of carbonyl (C=O) groups is 1. The molecule has 2 N–H and O–H groups in total. The van der Waals surface area contributed by atoms with Crippen LogP contribution < -0.4 is 5.73 Å².